The molecule has 108 valence electrons. The van der Waals surface area contributed by atoms with Crippen molar-refractivity contribution in [1.29, 1.82) is 0 Å². The molecule has 0 fully saturated rings. The van der Waals surface area contributed by atoms with Crippen LogP contribution < -0.4 is 26.8 Å². The molecule has 0 aliphatic heterocycles. The molecule has 0 radical (unpaired) electrons. The van der Waals surface area contributed by atoms with Crippen molar-refractivity contribution < 1.29 is 4.79 Å². The zero-order valence-corrected chi connectivity index (χ0v) is 12.2. The maximum Gasteiger partial charge on any atom is 0.226 e. The van der Waals surface area contributed by atoms with Crippen molar-refractivity contribution in [1.82, 2.24) is 5.32 Å². The summed E-state index contributed by atoms with van der Waals surface area (Å²) in [4.78, 5) is 15.6. The molecule has 0 heterocycles. The van der Waals surface area contributed by atoms with Gasteiger partial charge in [-0.1, -0.05) is 19.1 Å². The Balaban J connectivity index is 3.32. The molecule has 0 aromatic heterocycles. The van der Waals surface area contributed by atoms with Crippen molar-refractivity contribution in [3.05, 3.63) is 28.6 Å². The normalized spacial score (nSPS) is 14.6. The lowest BCUT2D eigenvalue weighted by molar-refractivity contribution is -0.122. The highest BCUT2D eigenvalue weighted by atomic mass is 16.1. The molecule has 1 amide bonds. The summed E-state index contributed by atoms with van der Waals surface area (Å²) in [6.07, 6.45) is 5.49. The van der Waals surface area contributed by atoms with E-state index in [1.807, 2.05) is 44.3 Å². The van der Waals surface area contributed by atoms with Crippen molar-refractivity contribution >= 4 is 30.0 Å². The quantitative estimate of drug-likeness (QED) is 0.643. The van der Waals surface area contributed by atoms with E-state index in [1.54, 1.807) is 13.3 Å². The van der Waals surface area contributed by atoms with Gasteiger partial charge in [-0.15, -0.1) is 0 Å². The average molecular weight is 274 g/mol. The van der Waals surface area contributed by atoms with Gasteiger partial charge < -0.3 is 16.4 Å². The van der Waals surface area contributed by atoms with E-state index < -0.39 is 0 Å². The maximum absolute atomic E-state index is 11.6. The van der Waals surface area contributed by atoms with Gasteiger partial charge in [0.2, 0.25) is 5.91 Å². The lowest BCUT2D eigenvalue weighted by atomic mass is 10.1. The van der Waals surface area contributed by atoms with Gasteiger partial charge in [0.25, 0.3) is 0 Å². The molecule has 0 bridgehead atoms. The third kappa shape index (κ3) is 4.51. The first-order valence-electron chi connectivity index (χ1n) is 6.53. The summed E-state index contributed by atoms with van der Waals surface area (Å²) in [5.74, 6) is -0.216. The number of hydrogen-bond acceptors (Lipinski definition) is 4. The zero-order valence-electron chi connectivity index (χ0n) is 12.2. The Morgan fingerprint density at radius 2 is 2.15 bits per heavy atom. The van der Waals surface area contributed by atoms with E-state index >= 15 is 0 Å². The van der Waals surface area contributed by atoms with E-state index in [1.165, 1.54) is 0 Å². The minimum Gasteiger partial charge on any atom is -0.388 e. The Morgan fingerprint density at radius 1 is 1.40 bits per heavy atom. The van der Waals surface area contributed by atoms with Crippen LogP contribution >= 0.6 is 0 Å². The minimum atomic E-state index is -0.203. The Morgan fingerprint density at radius 3 is 2.75 bits per heavy atom. The Bertz CT molecular complexity index is 592. The average Bonchev–Trinajstić information content (AvgIpc) is 2.47. The van der Waals surface area contributed by atoms with Gasteiger partial charge in [0, 0.05) is 26.0 Å². The third-order valence-electron chi connectivity index (χ3n) is 2.93. The van der Waals surface area contributed by atoms with E-state index in [9.17, 15) is 4.79 Å². The second-order valence-electron chi connectivity index (χ2n) is 4.34. The number of nitrogens with two attached hydrogens (primary N) is 1. The topological polar surface area (TPSA) is 79.5 Å². The molecular weight excluding hydrogens is 252 g/mol. The maximum atomic E-state index is 11.6. The van der Waals surface area contributed by atoms with Crippen molar-refractivity contribution in [2.75, 3.05) is 26.1 Å². The summed E-state index contributed by atoms with van der Waals surface area (Å²) in [6, 6.07) is 5.96. The van der Waals surface area contributed by atoms with Gasteiger partial charge >= 0.3 is 0 Å². The molecule has 1 aromatic rings. The molecule has 20 heavy (non-hydrogen) atoms. The number of benzene rings is 1. The molecule has 0 aliphatic carbocycles. The fourth-order valence-corrected chi connectivity index (χ4v) is 1.79. The number of amides is 1. The van der Waals surface area contributed by atoms with Crippen molar-refractivity contribution in [2.24, 2.45) is 16.6 Å². The highest BCUT2D eigenvalue weighted by Gasteiger charge is 2.06. The molecule has 0 aliphatic rings. The second kappa shape index (κ2) is 8.12. The van der Waals surface area contributed by atoms with Crippen LogP contribution in [0.1, 0.15) is 6.92 Å². The van der Waals surface area contributed by atoms with E-state index in [2.05, 4.69) is 15.6 Å². The van der Waals surface area contributed by atoms with Gasteiger partial charge in [0.05, 0.1) is 12.6 Å². The predicted molar refractivity (Wildman–Crippen MR) is 84.9 cm³/mol. The standard InChI is InChI=1S/C15H22N4O/c1-11(15(20)18-3)8-13-9-14(17-2)5-4-12(13)6-7-19-10-16/h4-9,11,17H,10,16H2,1-3H3,(H,18,20)/b12-6-,13-8-,19-7?. The number of hydrogen-bond donors (Lipinski definition) is 3. The van der Waals surface area contributed by atoms with Crippen LogP contribution in [0.4, 0.5) is 5.69 Å². The van der Waals surface area contributed by atoms with E-state index in [-0.39, 0.29) is 18.5 Å². The van der Waals surface area contributed by atoms with E-state index in [4.69, 9.17) is 5.73 Å². The smallest absolute Gasteiger partial charge is 0.226 e. The van der Waals surface area contributed by atoms with Crippen molar-refractivity contribution in [2.45, 2.75) is 6.92 Å². The van der Waals surface area contributed by atoms with E-state index in [0.717, 1.165) is 16.1 Å². The molecule has 1 rings (SSSR count). The number of nitrogens with one attached hydrogen (secondary N) is 2. The summed E-state index contributed by atoms with van der Waals surface area (Å²) in [6.45, 7) is 2.13. The van der Waals surface area contributed by atoms with Crippen LogP contribution in [-0.4, -0.2) is 32.9 Å². The largest absolute Gasteiger partial charge is 0.388 e. The highest BCUT2D eigenvalue weighted by Crippen LogP contribution is 1.99. The number of carbonyl (C=O) groups excluding carboxylic acids is 1. The monoisotopic (exact) mass is 274 g/mol. The first-order valence-corrected chi connectivity index (χ1v) is 6.53. The molecule has 0 saturated carbocycles. The Labute approximate surface area is 119 Å². The first-order chi connectivity index (χ1) is 9.62. The summed E-state index contributed by atoms with van der Waals surface area (Å²) in [5, 5.41) is 7.72. The lowest BCUT2D eigenvalue weighted by Gasteiger charge is -2.05. The molecule has 4 N–H and O–H groups in total. The lowest BCUT2D eigenvalue weighted by Crippen LogP contribution is -2.30. The fraction of sp³-hybridized carbons (Fsp3) is 0.333. The number of anilines is 1. The molecule has 5 nitrogen and oxygen atoms in total. The van der Waals surface area contributed by atoms with E-state index in [0.29, 0.717) is 0 Å². The molecule has 1 atom stereocenters. The summed E-state index contributed by atoms with van der Waals surface area (Å²) < 4.78 is 0. The third-order valence-corrected chi connectivity index (χ3v) is 2.93. The summed E-state index contributed by atoms with van der Waals surface area (Å²) in [5.41, 5.74) is 6.32. The van der Waals surface area contributed by atoms with Crippen LogP contribution in [-0.2, 0) is 4.79 Å². The van der Waals surface area contributed by atoms with Crippen LogP contribution in [0, 0.1) is 5.92 Å². The van der Waals surface area contributed by atoms with Crippen LogP contribution in [0.3, 0.4) is 0 Å². The minimum absolute atomic E-state index is 0.0126. The fourth-order valence-electron chi connectivity index (χ4n) is 1.79. The summed E-state index contributed by atoms with van der Waals surface area (Å²) >= 11 is 0. The molecular formula is C15H22N4O. The van der Waals surface area contributed by atoms with Gasteiger partial charge in [-0.05, 0) is 28.6 Å². The SMILES string of the molecule is CNC(=O)C(C)/C=c1/cc(NC)cc/c1=C/C=NCN. The van der Waals surface area contributed by atoms with Crippen LogP contribution in [0.25, 0.3) is 12.2 Å². The van der Waals surface area contributed by atoms with Crippen LogP contribution in [0.2, 0.25) is 0 Å². The van der Waals surface area contributed by atoms with Crippen LogP contribution in [0.15, 0.2) is 23.2 Å². The number of aliphatic imine (C=N–C) groups is 1. The van der Waals surface area contributed by atoms with Crippen LogP contribution in [0.5, 0.6) is 0 Å². The van der Waals surface area contributed by atoms with Gasteiger partial charge in [-0.25, -0.2) is 0 Å². The highest BCUT2D eigenvalue weighted by molar-refractivity contribution is 5.91. The molecule has 0 spiro atoms. The number of nitrogens with zero attached hydrogens (tertiary/aromatic N) is 1. The van der Waals surface area contributed by atoms with Gasteiger partial charge in [-0.3, -0.25) is 9.79 Å². The Hall–Kier alpha value is -2.14. The second-order valence-corrected chi connectivity index (χ2v) is 4.34. The molecule has 1 aromatic carbocycles. The molecule has 1 unspecified atom stereocenters. The molecule has 0 saturated heterocycles. The predicted octanol–water partition coefficient (Wildman–Crippen LogP) is -0.342. The number of carbonyl (C=O) groups is 1. The molecule has 5 heteroatoms. The van der Waals surface area contributed by atoms with Gasteiger partial charge in [-0.2, -0.15) is 0 Å². The van der Waals surface area contributed by atoms with Crippen molar-refractivity contribution in [3.63, 3.8) is 0 Å². The van der Waals surface area contributed by atoms with Gasteiger partial charge in [0.1, 0.15) is 0 Å². The first kappa shape index (κ1) is 15.9. The summed E-state index contributed by atoms with van der Waals surface area (Å²) in [7, 11) is 3.50. The number of rotatable bonds is 5. The Kier molecular flexibility index (Phi) is 6.46. The van der Waals surface area contributed by atoms with Gasteiger partial charge in [0.15, 0.2) is 0 Å². The zero-order chi connectivity index (χ0) is 15.0. The van der Waals surface area contributed by atoms with Crippen molar-refractivity contribution in [3.8, 4) is 0 Å².